The summed E-state index contributed by atoms with van der Waals surface area (Å²) in [6, 6.07) is 16.1. The van der Waals surface area contributed by atoms with Gasteiger partial charge in [-0.2, -0.15) is 0 Å². The van der Waals surface area contributed by atoms with Gasteiger partial charge in [-0.25, -0.2) is 0 Å². The fourth-order valence-corrected chi connectivity index (χ4v) is 3.82. The third-order valence-corrected chi connectivity index (χ3v) is 5.53. The first kappa shape index (κ1) is 19.2. The zero-order chi connectivity index (χ0) is 19.4. The Hall–Kier alpha value is -2.62. The van der Waals surface area contributed by atoms with Crippen molar-refractivity contribution in [3.8, 4) is 0 Å². The maximum atomic E-state index is 12.9. The summed E-state index contributed by atoms with van der Waals surface area (Å²) >= 11 is 0. The number of carbonyl (C=O) groups is 2. The van der Waals surface area contributed by atoms with Gasteiger partial charge in [-0.1, -0.05) is 62.4 Å². The lowest BCUT2D eigenvalue weighted by Crippen LogP contribution is -2.30. The summed E-state index contributed by atoms with van der Waals surface area (Å²) in [4.78, 5) is 27.3. The highest BCUT2D eigenvalue weighted by Gasteiger charge is 2.37. The van der Waals surface area contributed by atoms with Gasteiger partial charge in [-0.3, -0.25) is 9.59 Å². The number of aryl methyl sites for hydroxylation is 2. The van der Waals surface area contributed by atoms with Crippen molar-refractivity contribution in [2.24, 2.45) is 5.92 Å². The molecule has 2 aromatic rings. The van der Waals surface area contributed by atoms with Crippen molar-refractivity contribution in [3.63, 3.8) is 0 Å². The highest BCUT2D eigenvalue weighted by molar-refractivity contribution is 5.98. The van der Waals surface area contributed by atoms with Gasteiger partial charge in [0.1, 0.15) is 0 Å². The van der Waals surface area contributed by atoms with Gasteiger partial charge in [0.25, 0.3) is 0 Å². The maximum absolute atomic E-state index is 12.9. The van der Waals surface area contributed by atoms with E-state index in [1.54, 1.807) is 0 Å². The van der Waals surface area contributed by atoms with Crippen molar-refractivity contribution in [3.05, 3.63) is 65.2 Å². The number of anilines is 1. The Balaban J connectivity index is 1.73. The second-order valence-electron chi connectivity index (χ2n) is 7.18. The zero-order valence-corrected chi connectivity index (χ0v) is 16.4. The van der Waals surface area contributed by atoms with Crippen molar-refractivity contribution in [1.82, 2.24) is 4.90 Å². The van der Waals surface area contributed by atoms with Crippen molar-refractivity contribution in [2.75, 3.05) is 11.9 Å². The fraction of sp³-hybridized carbons (Fsp3) is 0.391. The molecule has 4 heteroatoms. The summed E-state index contributed by atoms with van der Waals surface area (Å²) in [7, 11) is 0. The van der Waals surface area contributed by atoms with Crippen LogP contribution < -0.4 is 5.32 Å². The molecule has 0 spiro atoms. The van der Waals surface area contributed by atoms with Crippen LogP contribution in [0.4, 0.5) is 5.69 Å². The van der Waals surface area contributed by atoms with Crippen molar-refractivity contribution < 1.29 is 9.59 Å². The standard InChI is InChI=1S/C23H28N2O2/c1-4-17-12-9-13-18(5-2)22(17)24-23(27)20-14-21(26)25(15-20)16(3)19-10-7-6-8-11-19/h6-13,16,20H,4-5,14-15H2,1-3H3,(H,24,27). The second kappa shape index (κ2) is 8.38. The third kappa shape index (κ3) is 4.05. The number of nitrogens with one attached hydrogen (secondary N) is 1. The molecule has 3 rings (SSSR count). The van der Waals surface area contributed by atoms with E-state index in [-0.39, 0.29) is 30.2 Å². The van der Waals surface area contributed by atoms with Gasteiger partial charge in [-0.15, -0.1) is 0 Å². The van der Waals surface area contributed by atoms with Crippen LogP contribution in [0.25, 0.3) is 0 Å². The van der Waals surface area contributed by atoms with Crippen LogP contribution in [0.3, 0.4) is 0 Å². The lowest BCUT2D eigenvalue weighted by Gasteiger charge is -2.25. The summed E-state index contributed by atoms with van der Waals surface area (Å²) < 4.78 is 0. The van der Waals surface area contributed by atoms with Crippen LogP contribution >= 0.6 is 0 Å². The lowest BCUT2D eigenvalue weighted by atomic mass is 10.0. The van der Waals surface area contributed by atoms with E-state index in [4.69, 9.17) is 0 Å². The molecule has 142 valence electrons. The molecule has 1 heterocycles. The number of benzene rings is 2. The molecule has 2 atom stereocenters. The first-order chi connectivity index (χ1) is 13.0. The monoisotopic (exact) mass is 364 g/mol. The third-order valence-electron chi connectivity index (χ3n) is 5.53. The highest BCUT2D eigenvalue weighted by Crippen LogP contribution is 2.30. The summed E-state index contributed by atoms with van der Waals surface area (Å²) in [5, 5.41) is 3.12. The first-order valence-corrected chi connectivity index (χ1v) is 9.81. The molecule has 0 bridgehead atoms. The normalized spacial score (nSPS) is 17.8. The van der Waals surface area contributed by atoms with E-state index >= 15 is 0 Å². The molecule has 0 saturated carbocycles. The van der Waals surface area contributed by atoms with E-state index in [0.29, 0.717) is 6.54 Å². The molecule has 27 heavy (non-hydrogen) atoms. The molecular formula is C23H28N2O2. The summed E-state index contributed by atoms with van der Waals surface area (Å²) in [5.41, 5.74) is 4.30. The van der Waals surface area contributed by atoms with E-state index in [0.717, 1.165) is 35.2 Å². The van der Waals surface area contributed by atoms with E-state index in [1.807, 2.05) is 48.2 Å². The average Bonchev–Trinajstić information content (AvgIpc) is 3.10. The van der Waals surface area contributed by atoms with Crippen molar-refractivity contribution in [1.29, 1.82) is 0 Å². The van der Waals surface area contributed by atoms with Gasteiger partial charge in [0.15, 0.2) is 0 Å². The summed E-state index contributed by atoms with van der Waals surface area (Å²) in [5.74, 6) is -0.314. The number of rotatable bonds is 6. The average molecular weight is 364 g/mol. The van der Waals surface area contributed by atoms with Crippen LogP contribution in [0.2, 0.25) is 0 Å². The number of likely N-dealkylation sites (tertiary alicyclic amines) is 1. The van der Waals surface area contributed by atoms with Crippen LogP contribution in [0.5, 0.6) is 0 Å². The molecule has 2 amide bonds. The minimum atomic E-state index is -0.307. The Kier molecular flexibility index (Phi) is 5.94. The summed E-state index contributed by atoms with van der Waals surface area (Å²) in [6.07, 6.45) is 2.01. The molecule has 1 aliphatic heterocycles. The Bertz CT molecular complexity index is 794. The van der Waals surface area contributed by atoms with Gasteiger partial charge >= 0.3 is 0 Å². The molecule has 1 aliphatic rings. The van der Waals surface area contributed by atoms with E-state index in [9.17, 15) is 9.59 Å². The fourth-order valence-electron chi connectivity index (χ4n) is 3.82. The Morgan fingerprint density at radius 3 is 2.30 bits per heavy atom. The SMILES string of the molecule is CCc1cccc(CC)c1NC(=O)C1CC(=O)N(C(C)c2ccccc2)C1. The second-order valence-corrected chi connectivity index (χ2v) is 7.18. The van der Waals surface area contributed by atoms with Crippen LogP contribution in [0.15, 0.2) is 48.5 Å². The first-order valence-electron chi connectivity index (χ1n) is 9.81. The number of hydrogen-bond donors (Lipinski definition) is 1. The number of amides is 2. The van der Waals surface area contributed by atoms with E-state index in [2.05, 4.69) is 31.3 Å². The molecule has 2 unspecified atom stereocenters. The number of nitrogens with zero attached hydrogens (tertiary/aromatic N) is 1. The zero-order valence-electron chi connectivity index (χ0n) is 16.4. The quantitative estimate of drug-likeness (QED) is 0.828. The van der Waals surface area contributed by atoms with Gasteiger partial charge < -0.3 is 10.2 Å². The lowest BCUT2D eigenvalue weighted by molar-refractivity contribution is -0.129. The molecule has 1 N–H and O–H groups in total. The molecular weight excluding hydrogens is 336 g/mol. The number of para-hydroxylation sites is 1. The number of carbonyl (C=O) groups excluding carboxylic acids is 2. The smallest absolute Gasteiger partial charge is 0.229 e. The molecule has 0 aromatic heterocycles. The Morgan fingerprint density at radius 2 is 1.70 bits per heavy atom. The van der Waals surface area contributed by atoms with Crippen molar-refractivity contribution >= 4 is 17.5 Å². The molecule has 4 nitrogen and oxygen atoms in total. The van der Waals surface area contributed by atoms with Gasteiger partial charge in [0, 0.05) is 18.7 Å². The van der Waals surface area contributed by atoms with Crippen molar-refractivity contribution in [2.45, 2.75) is 46.1 Å². The van der Waals surface area contributed by atoms with Gasteiger partial charge in [-0.05, 0) is 36.5 Å². The van der Waals surface area contributed by atoms with Crippen LogP contribution in [-0.2, 0) is 22.4 Å². The maximum Gasteiger partial charge on any atom is 0.229 e. The minimum absolute atomic E-state index is 0.0226. The predicted octanol–water partition coefficient (Wildman–Crippen LogP) is 4.36. The molecule has 1 saturated heterocycles. The largest absolute Gasteiger partial charge is 0.335 e. The predicted molar refractivity (Wildman–Crippen MR) is 109 cm³/mol. The van der Waals surface area contributed by atoms with Crippen LogP contribution in [-0.4, -0.2) is 23.3 Å². The molecule has 2 aromatic carbocycles. The van der Waals surface area contributed by atoms with Crippen LogP contribution in [0, 0.1) is 5.92 Å². The van der Waals surface area contributed by atoms with E-state index in [1.165, 1.54) is 0 Å². The van der Waals surface area contributed by atoms with Gasteiger partial charge in [0.05, 0.1) is 12.0 Å². The number of hydrogen-bond acceptors (Lipinski definition) is 2. The molecule has 0 aliphatic carbocycles. The van der Waals surface area contributed by atoms with E-state index < -0.39 is 0 Å². The van der Waals surface area contributed by atoms with Crippen LogP contribution in [0.1, 0.15) is 49.9 Å². The Labute approximate surface area is 161 Å². The Morgan fingerprint density at radius 1 is 1.07 bits per heavy atom. The topological polar surface area (TPSA) is 49.4 Å². The highest BCUT2D eigenvalue weighted by atomic mass is 16.2. The molecule has 1 fully saturated rings. The summed E-state index contributed by atoms with van der Waals surface area (Å²) in [6.45, 7) is 6.67. The molecule has 0 radical (unpaired) electrons. The van der Waals surface area contributed by atoms with Gasteiger partial charge in [0.2, 0.25) is 11.8 Å². The minimum Gasteiger partial charge on any atom is -0.335 e.